The van der Waals surface area contributed by atoms with E-state index < -0.39 is 0 Å². The summed E-state index contributed by atoms with van der Waals surface area (Å²) in [6, 6.07) is 11.4. The van der Waals surface area contributed by atoms with E-state index >= 15 is 0 Å². The van der Waals surface area contributed by atoms with Crippen molar-refractivity contribution in [2.75, 3.05) is 6.61 Å². The van der Waals surface area contributed by atoms with Crippen molar-refractivity contribution >= 4 is 10.8 Å². The number of rotatable bonds is 3. The first-order valence-electron chi connectivity index (χ1n) is 4.95. The first-order chi connectivity index (χ1) is 7.31. The molecule has 0 amide bonds. The summed E-state index contributed by atoms with van der Waals surface area (Å²) < 4.78 is 5.38. The van der Waals surface area contributed by atoms with Crippen LogP contribution in [0.1, 0.15) is 6.42 Å². The second kappa shape index (κ2) is 4.22. The standard InChI is InChI=1S/C13H13O2/c1-2-7-15-13-9-11-6-4-3-5-10(11)8-12(13)14/h3-6,8-9,14H,1-2,7H2. The molecule has 0 heterocycles. The van der Waals surface area contributed by atoms with Crippen molar-refractivity contribution in [1.82, 2.24) is 0 Å². The Hall–Kier alpha value is -1.70. The molecule has 2 aromatic rings. The van der Waals surface area contributed by atoms with Crippen molar-refractivity contribution in [3.8, 4) is 11.5 Å². The number of hydrogen-bond acceptors (Lipinski definition) is 2. The molecule has 1 N–H and O–H groups in total. The van der Waals surface area contributed by atoms with Crippen LogP contribution in [-0.2, 0) is 0 Å². The number of hydrogen-bond donors (Lipinski definition) is 1. The summed E-state index contributed by atoms with van der Waals surface area (Å²) in [7, 11) is 0. The van der Waals surface area contributed by atoms with Gasteiger partial charge in [0.2, 0.25) is 0 Å². The number of phenols is 1. The molecule has 2 heteroatoms. The number of fused-ring (bicyclic) bond motifs is 1. The van der Waals surface area contributed by atoms with Crippen LogP contribution in [0.3, 0.4) is 0 Å². The van der Waals surface area contributed by atoms with Gasteiger partial charge in [0.05, 0.1) is 6.61 Å². The minimum absolute atomic E-state index is 0.183. The average molecular weight is 201 g/mol. The maximum Gasteiger partial charge on any atom is 0.161 e. The third-order valence-electron chi connectivity index (χ3n) is 2.23. The van der Waals surface area contributed by atoms with Gasteiger partial charge in [-0.3, -0.25) is 0 Å². The van der Waals surface area contributed by atoms with Crippen LogP contribution in [0.2, 0.25) is 0 Å². The Balaban J connectivity index is 2.43. The number of benzene rings is 2. The molecule has 0 unspecified atom stereocenters. The molecule has 1 radical (unpaired) electrons. The molecule has 0 aliphatic rings. The molecule has 0 saturated heterocycles. The Kier molecular flexibility index (Phi) is 2.77. The quantitative estimate of drug-likeness (QED) is 0.826. The number of aromatic hydroxyl groups is 1. The summed E-state index contributed by atoms with van der Waals surface area (Å²) in [5.74, 6) is 0.708. The minimum Gasteiger partial charge on any atom is -0.504 e. The summed E-state index contributed by atoms with van der Waals surface area (Å²) >= 11 is 0. The van der Waals surface area contributed by atoms with E-state index in [0.717, 1.165) is 10.8 Å². The fourth-order valence-electron chi connectivity index (χ4n) is 1.51. The molecule has 77 valence electrons. The van der Waals surface area contributed by atoms with E-state index in [0.29, 0.717) is 18.8 Å². The zero-order valence-corrected chi connectivity index (χ0v) is 8.44. The number of ether oxygens (including phenoxy) is 1. The van der Waals surface area contributed by atoms with Crippen molar-refractivity contribution < 1.29 is 9.84 Å². The summed E-state index contributed by atoms with van der Waals surface area (Å²) in [6.45, 7) is 4.21. The van der Waals surface area contributed by atoms with Crippen LogP contribution in [0, 0.1) is 6.92 Å². The lowest BCUT2D eigenvalue weighted by molar-refractivity contribution is 0.306. The molecule has 2 nitrogen and oxygen atoms in total. The van der Waals surface area contributed by atoms with E-state index in [4.69, 9.17) is 4.74 Å². The van der Waals surface area contributed by atoms with Gasteiger partial charge in [0.25, 0.3) is 0 Å². The molecule has 0 spiro atoms. The maximum absolute atomic E-state index is 9.69. The molecule has 0 fully saturated rings. The van der Waals surface area contributed by atoms with Gasteiger partial charge in [-0.25, -0.2) is 0 Å². The molecule has 0 saturated carbocycles. The third-order valence-corrected chi connectivity index (χ3v) is 2.23. The van der Waals surface area contributed by atoms with Gasteiger partial charge in [0, 0.05) is 0 Å². The molecule has 0 atom stereocenters. The van der Waals surface area contributed by atoms with Crippen molar-refractivity contribution in [2.24, 2.45) is 0 Å². The lowest BCUT2D eigenvalue weighted by Crippen LogP contribution is -1.95. The van der Waals surface area contributed by atoms with Gasteiger partial charge < -0.3 is 9.84 Å². The van der Waals surface area contributed by atoms with Gasteiger partial charge in [0.15, 0.2) is 11.5 Å². The predicted molar refractivity (Wildman–Crippen MR) is 61.1 cm³/mol. The van der Waals surface area contributed by atoms with Crippen LogP contribution in [0.5, 0.6) is 11.5 Å². The molecular weight excluding hydrogens is 188 g/mol. The molecule has 15 heavy (non-hydrogen) atoms. The second-order valence-electron chi connectivity index (χ2n) is 3.37. The van der Waals surface area contributed by atoms with Gasteiger partial charge in [-0.1, -0.05) is 24.3 Å². The van der Waals surface area contributed by atoms with E-state index in [2.05, 4.69) is 6.92 Å². The van der Waals surface area contributed by atoms with Gasteiger partial charge >= 0.3 is 0 Å². The average Bonchev–Trinajstić information content (AvgIpc) is 2.26. The molecule has 0 bridgehead atoms. The number of phenolic OH excluding ortho intramolecular Hbond substituents is 1. The molecule has 0 aliphatic heterocycles. The second-order valence-corrected chi connectivity index (χ2v) is 3.37. The highest BCUT2D eigenvalue weighted by Crippen LogP contribution is 2.31. The summed E-state index contributed by atoms with van der Waals surface area (Å²) in [5.41, 5.74) is 0. The fourth-order valence-corrected chi connectivity index (χ4v) is 1.51. The molecule has 0 aromatic heterocycles. The van der Waals surface area contributed by atoms with E-state index in [9.17, 15) is 5.11 Å². The Morgan fingerprint density at radius 2 is 1.80 bits per heavy atom. The van der Waals surface area contributed by atoms with Crippen LogP contribution in [0.25, 0.3) is 10.8 Å². The van der Waals surface area contributed by atoms with Crippen LogP contribution < -0.4 is 4.74 Å². The summed E-state index contributed by atoms with van der Waals surface area (Å²) in [5, 5.41) is 11.8. The summed E-state index contributed by atoms with van der Waals surface area (Å²) in [6.07, 6.45) is 0.687. The van der Waals surface area contributed by atoms with Crippen molar-refractivity contribution in [1.29, 1.82) is 0 Å². The predicted octanol–water partition coefficient (Wildman–Crippen LogP) is 3.15. The van der Waals surface area contributed by atoms with Crippen molar-refractivity contribution in [2.45, 2.75) is 6.42 Å². The monoisotopic (exact) mass is 201 g/mol. The zero-order chi connectivity index (χ0) is 10.7. The largest absolute Gasteiger partial charge is 0.504 e. The first kappa shape index (κ1) is 9.84. The Morgan fingerprint density at radius 3 is 2.47 bits per heavy atom. The van der Waals surface area contributed by atoms with E-state index in [1.807, 2.05) is 30.3 Å². The van der Waals surface area contributed by atoms with Crippen molar-refractivity contribution in [3.63, 3.8) is 0 Å². The van der Waals surface area contributed by atoms with Gasteiger partial charge in [-0.15, -0.1) is 0 Å². The minimum atomic E-state index is 0.183. The molecule has 2 rings (SSSR count). The SMILES string of the molecule is [CH2]CCOc1cc2ccccc2cc1O. The van der Waals surface area contributed by atoms with E-state index in [1.165, 1.54) is 0 Å². The van der Waals surface area contributed by atoms with E-state index in [-0.39, 0.29) is 5.75 Å². The van der Waals surface area contributed by atoms with E-state index in [1.54, 1.807) is 6.07 Å². The Bertz CT molecular complexity index is 463. The lowest BCUT2D eigenvalue weighted by Gasteiger charge is -2.08. The topological polar surface area (TPSA) is 29.5 Å². The first-order valence-corrected chi connectivity index (χ1v) is 4.95. The highest BCUT2D eigenvalue weighted by molar-refractivity contribution is 5.85. The molecule has 2 aromatic carbocycles. The molecule has 0 aliphatic carbocycles. The highest BCUT2D eigenvalue weighted by atomic mass is 16.5. The summed E-state index contributed by atoms with van der Waals surface area (Å²) in [4.78, 5) is 0. The normalized spacial score (nSPS) is 10.5. The van der Waals surface area contributed by atoms with Crippen LogP contribution in [0.15, 0.2) is 36.4 Å². The van der Waals surface area contributed by atoms with Gasteiger partial charge in [-0.2, -0.15) is 0 Å². The lowest BCUT2D eigenvalue weighted by atomic mass is 10.1. The Labute approximate surface area is 89.1 Å². The fraction of sp³-hybridized carbons (Fsp3) is 0.154. The van der Waals surface area contributed by atoms with Crippen LogP contribution >= 0.6 is 0 Å². The smallest absolute Gasteiger partial charge is 0.161 e. The third kappa shape index (κ3) is 2.04. The maximum atomic E-state index is 9.69. The highest BCUT2D eigenvalue weighted by Gasteiger charge is 2.03. The zero-order valence-electron chi connectivity index (χ0n) is 8.44. The molecular formula is C13H13O2. The van der Waals surface area contributed by atoms with Gasteiger partial charge in [-0.05, 0) is 36.2 Å². The van der Waals surface area contributed by atoms with Gasteiger partial charge in [0.1, 0.15) is 0 Å². The Morgan fingerprint density at radius 1 is 1.13 bits per heavy atom. The van der Waals surface area contributed by atoms with Crippen molar-refractivity contribution in [3.05, 3.63) is 43.3 Å². The van der Waals surface area contributed by atoms with Crippen LogP contribution in [-0.4, -0.2) is 11.7 Å². The van der Waals surface area contributed by atoms with Crippen LogP contribution in [0.4, 0.5) is 0 Å².